The molecule has 3 rings (SSSR count). The van der Waals surface area contributed by atoms with Gasteiger partial charge in [0.05, 0.1) is 0 Å². The summed E-state index contributed by atoms with van der Waals surface area (Å²) >= 11 is 3.25. The van der Waals surface area contributed by atoms with Crippen molar-refractivity contribution < 1.29 is 9.18 Å². The number of rotatable bonds is 3. The van der Waals surface area contributed by atoms with Crippen molar-refractivity contribution in [1.82, 2.24) is 0 Å². The van der Waals surface area contributed by atoms with Crippen LogP contribution < -0.4 is 0 Å². The third-order valence-corrected chi connectivity index (χ3v) is 4.12. The molecule has 0 aromatic heterocycles. The van der Waals surface area contributed by atoms with Crippen LogP contribution in [-0.2, 0) is 6.42 Å². The second-order valence-electron chi connectivity index (χ2n) is 4.86. The Bertz CT molecular complexity index is 821. The van der Waals surface area contributed by atoms with E-state index in [1.165, 1.54) is 18.2 Å². The van der Waals surface area contributed by atoms with Crippen molar-refractivity contribution in [3.8, 4) is 0 Å². The van der Waals surface area contributed by atoms with Crippen molar-refractivity contribution in [3.05, 3.63) is 82.1 Å². The second-order valence-corrected chi connectivity index (χ2v) is 5.72. The van der Waals surface area contributed by atoms with Crippen molar-refractivity contribution in [2.24, 2.45) is 0 Å². The molecule has 0 aliphatic heterocycles. The number of fused-ring (bicyclic) bond motifs is 1. The van der Waals surface area contributed by atoms with E-state index in [1.807, 2.05) is 42.5 Å². The fourth-order valence-electron chi connectivity index (χ4n) is 2.43. The summed E-state index contributed by atoms with van der Waals surface area (Å²) in [6, 6.07) is 18.0. The zero-order valence-electron chi connectivity index (χ0n) is 11.1. The molecule has 0 bridgehead atoms. The molecule has 0 atom stereocenters. The summed E-state index contributed by atoms with van der Waals surface area (Å²) in [7, 11) is 0. The van der Waals surface area contributed by atoms with Gasteiger partial charge in [-0.15, -0.1) is 0 Å². The lowest BCUT2D eigenvalue weighted by molar-refractivity contribution is 0.0992. The normalized spacial score (nSPS) is 10.8. The molecule has 0 aliphatic carbocycles. The van der Waals surface area contributed by atoms with Crippen LogP contribution in [0.2, 0.25) is 0 Å². The van der Waals surface area contributed by atoms with Gasteiger partial charge in [-0.25, -0.2) is 4.39 Å². The van der Waals surface area contributed by atoms with E-state index in [4.69, 9.17) is 0 Å². The van der Waals surface area contributed by atoms with E-state index >= 15 is 0 Å². The van der Waals surface area contributed by atoms with Gasteiger partial charge >= 0.3 is 0 Å². The standard InChI is InChI=1S/C18H12BrFO/c19-17-11-14(20)8-9-16(17)18(21)10-13-6-3-5-12-4-1-2-7-15(12)13/h1-9,11H,10H2. The number of hydrogen-bond donors (Lipinski definition) is 0. The molecule has 0 N–H and O–H groups in total. The minimum absolute atomic E-state index is 0.0294. The van der Waals surface area contributed by atoms with Gasteiger partial charge in [0.15, 0.2) is 5.78 Å². The monoisotopic (exact) mass is 342 g/mol. The average molecular weight is 343 g/mol. The van der Waals surface area contributed by atoms with Crippen molar-refractivity contribution in [2.75, 3.05) is 0 Å². The molecule has 3 aromatic rings. The summed E-state index contributed by atoms with van der Waals surface area (Å²) in [6.07, 6.45) is 0.297. The highest BCUT2D eigenvalue weighted by Gasteiger charge is 2.13. The predicted octanol–water partition coefficient (Wildman–Crippen LogP) is 5.17. The molecule has 0 saturated carbocycles. The minimum atomic E-state index is -0.358. The summed E-state index contributed by atoms with van der Waals surface area (Å²) in [4.78, 5) is 12.4. The van der Waals surface area contributed by atoms with Crippen LogP contribution in [0.3, 0.4) is 0 Å². The molecule has 3 aromatic carbocycles. The van der Waals surface area contributed by atoms with E-state index in [0.717, 1.165) is 16.3 Å². The molecule has 21 heavy (non-hydrogen) atoms. The lowest BCUT2D eigenvalue weighted by Gasteiger charge is -2.07. The molecule has 0 amide bonds. The van der Waals surface area contributed by atoms with Crippen LogP contribution in [0.5, 0.6) is 0 Å². The number of benzene rings is 3. The Labute approximate surface area is 130 Å². The lowest BCUT2D eigenvalue weighted by atomic mass is 9.98. The van der Waals surface area contributed by atoms with Crippen molar-refractivity contribution >= 4 is 32.5 Å². The molecule has 0 fully saturated rings. The highest BCUT2D eigenvalue weighted by atomic mass is 79.9. The first-order valence-corrected chi connectivity index (χ1v) is 7.39. The number of Topliss-reactive ketones (excluding diaryl/α,β-unsaturated/α-hetero) is 1. The molecular formula is C18H12BrFO. The molecular weight excluding hydrogens is 331 g/mol. The van der Waals surface area contributed by atoms with E-state index in [2.05, 4.69) is 15.9 Å². The minimum Gasteiger partial charge on any atom is -0.294 e. The van der Waals surface area contributed by atoms with Crippen LogP contribution in [-0.4, -0.2) is 5.78 Å². The Morgan fingerprint density at radius 3 is 2.57 bits per heavy atom. The number of ketones is 1. The molecule has 0 saturated heterocycles. The van der Waals surface area contributed by atoms with Gasteiger partial charge in [-0.1, -0.05) is 42.5 Å². The molecule has 104 valence electrons. The zero-order valence-corrected chi connectivity index (χ0v) is 12.7. The first-order chi connectivity index (χ1) is 10.1. The van der Waals surface area contributed by atoms with Crippen molar-refractivity contribution in [3.63, 3.8) is 0 Å². The van der Waals surface area contributed by atoms with Gasteiger partial charge in [0.25, 0.3) is 0 Å². The highest BCUT2D eigenvalue weighted by Crippen LogP contribution is 2.23. The smallest absolute Gasteiger partial charge is 0.168 e. The third kappa shape index (κ3) is 2.88. The summed E-state index contributed by atoms with van der Waals surface area (Å²) in [5.41, 5.74) is 1.48. The van der Waals surface area contributed by atoms with E-state index in [9.17, 15) is 9.18 Å². The van der Waals surface area contributed by atoms with Crippen LogP contribution in [0.15, 0.2) is 65.1 Å². The number of carbonyl (C=O) groups excluding carboxylic acids is 1. The summed E-state index contributed by atoms with van der Waals surface area (Å²) in [6.45, 7) is 0. The summed E-state index contributed by atoms with van der Waals surface area (Å²) < 4.78 is 13.6. The van der Waals surface area contributed by atoms with Gasteiger partial charge in [0.2, 0.25) is 0 Å². The summed E-state index contributed by atoms with van der Waals surface area (Å²) in [5.74, 6) is -0.387. The molecule has 1 nitrogen and oxygen atoms in total. The van der Waals surface area contributed by atoms with Gasteiger partial charge in [0, 0.05) is 16.5 Å². The average Bonchev–Trinajstić information content (AvgIpc) is 2.47. The molecule has 3 heteroatoms. The fourth-order valence-corrected chi connectivity index (χ4v) is 3.00. The SMILES string of the molecule is O=C(Cc1cccc2ccccc12)c1ccc(F)cc1Br. The first-order valence-electron chi connectivity index (χ1n) is 6.60. The van der Waals surface area contributed by atoms with E-state index in [0.29, 0.717) is 16.5 Å². The maximum absolute atomic E-state index is 13.1. The van der Waals surface area contributed by atoms with Crippen LogP contribution >= 0.6 is 15.9 Å². The Hall–Kier alpha value is -2.00. The number of halogens is 2. The van der Waals surface area contributed by atoms with Crippen molar-refractivity contribution in [1.29, 1.82) is 0 Å². The quantitative estimate of drug-likeness (QED) is 0.600. The van der Waals surface area contributed by atoms with Crippen LogP contribution in [0.25, 0.3) is 10.8 Å². The number of hydrogen-bond acceptors (Lipinski definition) is 1. The third-order valence-electron chi connectivity index (χ3n) is 3.46. The van der Waals surface area contributed by atoms with Crippen LogP contribution in [0.1, 0.15) is 15.9 Å². The molecule has 0 spiro atoms. The zero-order chi connectivity index (χ0) is 14.8. The van der Waals surface area contributed by atoms with Gasteiger partial charge in [-0.3, -0.25) is 4.79 Å². The predicted molar refractivity (Wildman–Crippen MR) is 86.1 cm³/mol. The highest BCUT2D eigenvalue weighted by molar-refractivity contribution is 9.10. The second kappa shape index (κ2) is 5.78. The lowest BCUT2D eigenvalue weighted by Crippen LogP contribution is -2.05. The molecule has 0 unspecified atom stereocenters. The Balaban J connectivity index is 1.97. The fraction of sp³-hybridized carbons (Fsp3) is 0.0556. The Morgan fingerprint density at radius 1 is 1.00 bits per heavy atom. The Morgan fingerprint density at radius 2 is 1.76 bits per heavy atom. The number of carbonyl (C=O) groups is 1. The van der Waals surface area contributed by atoms with Crippen molar-refractivity contribution in [2.45, 2.75) is 6.42 Å². The van der Waals surface area contributed by atoms with Crippen LogP contribution in [0, 0.1) is 5.82 Å². The summed E-state index contributed by atoms with van der Waals surface area (Å²) in [5, 5.41) is 2.19. The van der Waals surface area contributed by atoms with Gasteiger partial charge in [-0.05, 0) is 50.5 Å². The van der Waals surface area contributed by atoms with E-state index in [-0.39, 0.29) is 11.6 Å². The van der Waals surface area contributed by atoms with Gasteiger partial charge in [0.1, 0.15) is 5.82 Å². The van der Waals surface area contributed by atoms with Crippen LogP contribution in [0.4, 0.5) is 4.39 Å². The maximum Gasteiger partial charge on any atom is 0.168 e. The molecule has 0 aliphatic rings. The van der Waals surface area contributed by atoms with E-state index in [1.54, 1.807) is 0 Å². The topological polar surface area (TPSA) is 17.1 Å². The van der Waals surface area contributed by atoms with E-state index < -0.39 is 0 Å². The Kier molecular flexibility index (Phi) is 3.84. The van der Waals surface area contributed by atoms with Gasteiger partial charge in [-0.2, -0.15) is 0 Å². The molecule has 0 radical (unpaired) electrons. The largest absolute Gasteiger partial charge is 0.294 e. The molecule has 0 heterocycles. The van der Waals surface area contributed by atoms with Gasteiger partial charge < -0.3 is 0 Å². The maximum atomic E-state index is 13.1. The first kappa shape index (κ1) is 14.0.